The summed E-state index contributed by atoms with van der Waals surface area (Å²) in [6.07, 6.45) is 3.63. The minimum atomic E-state index is -0.735. The number of aromatic nitrogens is 3. The molecular weight excluding hydrogens is 561 g/mol. The number of anilines is 4. The van der Waals surface area contributed by atoms with E-state index in [1.54, 1.807) is 18.2 Å². The molecule has 7 rings (SSSR count). The number of amides is 1. The molecule has 0 aliphatic carbocycles. The van der Waals surface area contributed by atoms with Gasteiger partial charge in [-0.05, 0) is 50.2 Å². The van der Waals surface area contributed by atoms with Crippen molar-refractivity contribution in [3.05, 3.63) is 60.2 Å². The molecule has 0 bridgehead atoms. The number of nitrogens with one attached hydrogen (secondary N) is 3. The minimum Gasteiger partial charge on any atom is -0.377 e. The number of piperazine rings is 1. The first-order valence-corrected chi connectivity index (χ1v) is 15.3. The van der Waals surface area contributed by atoms with E-state index in [9.17, 15) is 9.18 Å². The van der Waals surface area contributed by atoms with Gasteiger partial charge in [-0.3, -0.25) is 9.69 Å². The van der Waals surface area contributed by atoms with Crippen molar-refractivity contribution in [1.29, 1.82) is 0 Å². The predicted molar refractivity (Wildman–Crippen MR) is 170 cm³/mol. The molecular formula is C32H38FN9O2. The quantitative estimate of drug-likeness (QED) is 0.240. The number of aromatic amines is 1. The van der Waals surface area contributed by atoms with E-state index < -0.39 is 11.7 Å². The number of nitrogens with two attached hydrogens (primary N) is 1. The zero-order chi connectivity index (χ0) is 30.2. The van der Waals surface area contributed by atoms with Gasteiger partial charge in [-0.25, -0.2) is 14.4 Å². The number of hydrogen-bond donors (Lipinski definition) is 4. The topological polar surface area (TPSA) is 128 Å². The SMILES string of the molecule is CN1CCN(C2CCN(c3ccc(Nc4nc(NC5COC5)c(-c5cccc6[nH]cc(F)c56)nc4C(N)=O)cc3)CC2)CC1. The van der Waals surface area contributed by atoms with Gasteiger partial charge >= 0.3 is 0 Å². The van der Waals surface area contributed by atoms with Crippen molar-refractivity contribution < 1.29 is 13.9 Å². The Morgan fingerprint density at radius 1 is 1.00 bits per heavy atom. The van der Waals surface area contributed by atoms with E-state index in [4.69, 9.17) is 15.5 Å². The highest BCUT2D eigenvalue weighted by molar-refractivity contribution is 6.01. The van der Waals surface area contributed by atoms with Crippen LogP contribution in [0.15, 0.2) is 48.7 Å². The van der Waals surface area contributed by atoms with Gasteiger partial charge in [0.2, 0.25) is 0 Å². The number of hydrogen-bond acceptors (Lipinski definition) is 9. The average Bonchev–Trinajstić information content (AvgIpc) is 3.40. The van der Waals surface area contributed by atoms with Gasteiger partial charge in [0.25, 0.3) is 5.91 Å². The van der Waals surface area contributed by atoms with Crippen LogP contribution < -0.4 is 21.3 Å². The lowest BCUT2D eigenvalue weighted by molar-refractivity contribution is 0.0209. The van der Waals surface area contributed by atoms with Crippen LogP contribution in [-0.2, 0) is 4.74 Å². The fraction of sp³-hybridized carbons (Fsp3) is 0.406. The van der Waals surface area contributed by atoms with Crippen LogP contribution in [0, 0.1) is 5.82 Å². The molecule has 2 aromatic carbocycles. The van der Waals surface area contributed by atoms with Crippen molar-refractivity contribution in [2.45, 2.75) is 24.9 Å². The third-order valence-corrected chi connectivity index (χ3v) is 9.03. The maximum Gasteiger partial charge on any atom is 0.271 e. The van der Waals surface area contributed by atoms with Crippen LogP contribution in [0.2, 0.25) is 0 Å². The summed E-state index contributed by atoms with van der Waals surface area (Å²) in [5.41, 5.74) is 9.16. The lowest BCUT2D eigenvalue weighted by atomic mass is 10.0. The largest absolute Gasteiger partial charge is 0.377 e. The molecule has 3 saturated heterocycles. The lowest BCUT2D eigenvalue weighted by Crippen LogP contribution is -2.52. The summed E-state index contributed by atoms with van der Waals surface area (Å²) in [6.45, 7) is 7.68. The molecule has 5 N–H and O–H groups in total. The fourth-order valence-electron chi connectivity index (χ4n) is 6.40. The molecule has 0 radical (unpaired) electrons. The standard InChI is InChI=1S/C32H38FN9O2/c1-40-13-15-42(16-14-40)23-9-11-41(12-10-23)22-7-5-20(6-8-22)36-32-29(30(34)43)38-28(31(39-32)37-21-18-44-19-21)24-3-2-4-26-27(24)25(33)17-35-26/h2-8,17,21,23,35H,9-16,18-19H2,1H3,(H2,34,43)(H2,36,37,39). The smallest absolute Gasteiger partial charge is 0.271 e. The molecule has 1 amide bonds. The van der Waals surface area contributed by atoms with Crippen molar-refractivity contribution in [1.82, 2.24) is 24.8 Å². The highest BCUT2D eigenvalue weighted by Crippen LogP contribution is 2.36. The number of piperidine rings is 1. The number of nitrogens with zero attached hydrogens (tertiary/aromatic N) is 5. The van der Waals surface area contributed by atoms with Gasteiger partial charge in [0, 0.05) is 79.3 Å². The van der Waals surface area contributed by atoms with Crippen LogP contribution in [0.25, 0.3) is 22.2 Å². The third kappa shape index (κ3) is 5.68. The Labute approximate surface area is 255 Å². The van der Waals surface area contributed by atoms with Crippen molar-refractivity contribution in [2.24, 2.45) is 5.73 Å². The zero-order valence-electron chi connectivity index (χ0n) is 24.9. The molecule has 2 aromatic heterocycles. The molecule has 3 fully saturated rings. The second-order valence-corrected chi connectivity index (χ2v) is 12.0. The number of likely N-dealkylation sites (N-methyl/N-ethyl adjacent to an activating group) is 1. The molecule has 12 heteroatoms. The van der Waals surface area contributed by atoms with Gasteiger partial charge in [0.1, 0.15) is 11.5 Å². The van der Waals surface area contributed by atoms with Gasteiger partial charge < -0.3 is 35.9 Å². The molecule has 230 valence electrons. The summed E-state index contributed by atoms with van der Waals surface area (Å²) >= 11 is 0. The number of H-pyrrole nitrogens is 1. The summed E-state index contributed by atoms with van der Waals surface area (Å²) in [5, 5.41) is 6.98. The Morgan fingerprint density at radius 2 is 1.75 bits per heavy atom. The van der Waals surface area contributed by atoms with E-state index in [1.807, 2.05) is 12.1 Å². The van der Waals surface area contributed by atoms with E-state index in [-0.39, 0.29) is 17.6 Å². The Balaban J connectivity index is 1.12. The summed E-state index contributed by atoms with van der Waals surface area (Å²) in [4.78, 5) is 32.5. The Morgan fingerprint density at radius 3 is 2.43 bits per heavy atom. The van der Waals surface area contributed by atoms with Crippen LogP contribution in [0.5, 0.6) is 0 Å². The van der Waals surface area contributed by atoms with Crippen molar-refractivity contribution in [3.8, 4) is 11.3 Å². The first-order valence-electron chi connectivity index (χ1n) is 15.3. The van der Waals surface area contributed by atoms with Crippen LogP contribution in [0.3, 0.4) is 0 Å². The van der Waals surface area contributed by atoms with Crippen LogP contribution in [0.1, 0.15) is 23.3 Å². The first kappa shape index (κ1) is 28.5. The van der Waals surface area contributed by atoms with Gasteiger partial charge in [-0.2, -0.15) is 0 Å². The number of carbonyl (C=O) groups excluding carboxylic acids is 1. The number of ether oxygens (including phenoxy) is 1. The Hall–Kier alpha value is -4.26. The van der Waals surface area contributed by atoms with Crippen LogP contribution >= 0.6 is 0 Å². The van der Waals surface area contributed by atoms with Crippen LogP contribution in [-0.4, -0.2) is 102 Å². The molecule has 0 saturated carbocycles. The number of rotatable bonds is 8. The zero-order valence-corrected chi connectivity index (χ0v) is 24.9. The second kappa shape index (κ2) is 12.0. The number of benzene rings is 2. The number of carbonyl (C=O) groups is 1. The molecule has 44 heavy (non-hydrogen) atoms. The monoisotopic (exact) mass is 599 g/mol. The third-order valence-electron chi connectivity index (χ3n) is 9.03. The average molecular weight is 600 g/mol. The number of primary amides is 1. The van der Waals surface area contributed by atoms with E-state index in [2.05, 4.69) is 54.5 Å². The summed E-state index contributed by atoms with van der Waals surface area (Å²) in [7, 11) is 2.20. The maximum atomic E-state index is 14.8. The fourth-order valence-corrected chi connectivity index (χ4v) is 6.40. The molecule has 0 spiro atoms. The van der Waals surface area contributed by atoms with E-state index >= 15 is 0 Å². The number of halogens is 1. The van der Waals surface area contributed by atoms with E-state index in [0.717, 1.165) is 63.5 Å². The highest BCUT2D eigenvalue weighted by atomic mass is 19.1. The molecule has 3 aliphatic heterocycles. The lowest BCUT2D eigenvalue weighted by Gasteiger charge is -2.42. The second-order valence-electron chi connectivity index (χ2n) is 12.0. The molecule has 4 aromatic rings. The van der Waals surface area contributed by atoms with Gasteiger partial charge in [-0.1, -0.05) is 12.1 Å². The summed E-state index contributed by atoms with van der Waals surface area (Å²) in [5.74, 6) is -0.506. The molecule has 11 nitrogen and oxygen atoms in total. The highest BCUT2D eigenvalue weighted by Gasteiger charge is 2.28. The molecule has 0 atom stereocenters. The van der Waals surface area contributed by atoms with Crippen LogP contribution in [0.4, 0.5) is 27.4 Å². The Kier molecular flexibility index (Phi) is 7.79. The van der Waals surface area contributed by atoms with E-state index in [1.165, 1.54) is 6.20 Å². The van der Waals surface area contributed by atoms with Gasteiger partial charge in [0.05, 0.1) is 19.3 Å². The Bertz CT molecular complexity index is 1640. The minimum absolute atomic E-state index is 0.0188. The van der Waals surface area contributed by atoms with Gasteiger partial charge in [0.15, 0.2) is 17.3 Å². The van der Waals surface area contributed by atoms with E-state index in [0.29, 0.717) is 47.2 Å². The van der Waals surface area contributed by atoms with Crippen molar-refractivity contribution >= 4 is 39.8 Å². The maximum absolute atomic E-state index is 14.8. The summed E-state index contributed by atoms with van der Waals surface area (Å²) in [6, 6.07) is 14.2. The predicted octanol–water partition coefficient (Wildman–Crippen LogP) is 3.63. The normalized spacial score (nSPS) is 18.8. The molecule has 5 heterocycles. The summed E-state index contributed by atoms with van der Waals surface area (Å²) < 4.78 is 20.2. The molecule has 0 unspecified atom stereocenters. The number of fused-ring (bicyclic) bond motifs is 1. The van der Waals surface area contributed by atoms with Crippen molar-refractivity contribution in [3.63, 3.8) is 0 Å². The first-order chi connectivity index (χ1) is 21.4. The molecule has 3 aliphatic rings. The van der Waals surface area contributed by atoms with Crippen molar-refractivity contribution in [2.75, 3.05) is 75.1 Å². The van der Waals surface area contributed by atoms with Gasteiger partial charge in [-0.15, -0.1) is 0 Å².